The summed E-state index contributed by atoms with van der Waals surface area (Å²) in [5.41, 5.74) is 1.81. The molecule has 19 heavy (non-hydrogen) atoms. The zero-order chi connectivity index (χ0) is 14.0. The average molecular weight is 278 g/mol. The molecule has 1 aromatic carbocycles. The van der Waals surface area contributed by atoms with Gasteiger partial charge in [-0.3, -0.25) is 0 Å². The van der Waals surface area contributed by atoms with Crippen LogP contribution in [0.2, 0.25) is 0 Å². The zero-order valence-electron chi connectivity index (χ0n) is 11.7. The highest BCUT2D eigenvalue weighted by molar-refractivity contribution is 7.11. The molecule has 2 rings (SSSR count). The highest BCUT2D eigenvalue weighted by Gasteiger charge is 2.17. The number of hydrogen-bond donors (Lipinski definition) is 1. The van der Waals surface area contributed by atoms with Gasteiger partial charge in [0, 0.05) is 22.2 Å². The van der Waals surface area contributed by atoms with Crippen LogP contribution in [0.15, 0.2) is 24.4 Å². The molecule has 102 valence electrons. The van der Waals surface area contributed by atoms with Crippen LogP contribution in [0.25, 0.3) is 0 Å². The van der Waals surface area contributed by atoms with Gasteiger partial charge in [-0.2, -0.15) is 0 Å². The Hall–Kier alpha value is -1.42. The van der Waals surface area contributed by atoms with E-state index in [9.17, 15) is 4.39 Å². The van der Waals surface area contributed by atoms with Crippen LogP contribution in [-0.4, -0.2) is 4.98 Å². The van der Waals surface area contributed by atoms with Crippen LogP contribution >= 0.6 is 11.3 Å². The highest BCUT2D eigenvalue weighted by atomic mass is 32.1. The zero-order valence-corrected chi connectivity index (χ0v) is 12.6. The topological polar surface area (TPSA) is 24.9 Å². The van der Waals surface area contributed by atoms with Crippen LogP contribution in [-0.2, 0) is 12.0 Å². The van der Waals surface area contributed by atoms with Crippen molar-refractivity contribution in [1.29, 1.82) is 0 Å². The van der Waals surface area contributed by atoms with Gasteiger partial charge in [0.15, 0.2) is 0 Å². The van der Waals surface area contributed by atoms with Crippen molar-refractivity contribution < 1.29 is 4.39 Å². The lowest BCUT2D eigenvalue weighted by Crippen LogP contribution is -2.09. The minimum absolute atomic E-state index is 0.0817. The molecule has 1 heterocycles. The maximum atomic E-state index is 13.3. The summed E-state index contributed by atoms with van der Waals surface area (Å²) in [4.78, 5) is 5.60. The van der Waals surface area contributed by atoms with Crippen LogP contribution in [0.4, 0.5) is 10.1 Å². The molecule has 0 fully saturated rings. The molecule has 1 N–H and O–H groups in total. The van der Waals surface area contributed by atoms with Crippen molar-refractivity contribution >= 4 is 17.0 Å². The smallest absolute Gasteiger partial charge is 0.125 e. The highest BCUT2D eigenvalue weighted by Crippen LogP contribution is 2.27. The fraction of sp³-hybridized carbons (Fsp3) is 0.400. The normalized spacial score (nSPS) is 11.6. The minimum atomic E-state index is -0.206. The van der Waals surface area contributed by atoms with E-state index in [2.05, 4.69) is 31.1 Å². The second kappa shape index (κ2) is 5.29. The average Bonchev–Trinajstić information content (AvgIpc) is 2.73. The summed E-state index contributed by atoms with van der Waals surface area (Å²) < 4.78 is 13.3. The minimum Gasteiger partial charge on any atom is -0.380 e. The van der Waals surface area contributed by atoms with Gasteiger partial charge >= 0.3 is 0 Å². The third kappa shape index (κ3) is 3.77. The third-order valence-corrected chi connectivity index (χ3v) is 4.13. The van der Waals surface area contributed by atoms with Gasteiger partial charge in [0.2, 0.25) is 0 Å². The molecule has 0 atom stereocenters. The Morgan fingerprint density at radius 1 is 1.26 bits per heavy atom. The summed E-state index contributed by atoms with van der Waals surface area (Å²) in [7, 11) is 0. The van der Waals surface area contributed by atoms with Gasteiger partial charge in [0.05, 0.1) is 11.6 Å². The monoisotopic (exact) mass is 278 g/mol. The Balaban J connectivity index is 2.04. The van der Waals surface area contributed by atoms with Crippen molar-refractivity contribution in [1.82, 2.24) is 4.98 Å². The fourth-order valence-electron chi connectivity index (χ4n) is 1.76. The predicted octanol–water partition coefficient (Wildman–Crippen LogP) is 4.50. The van der Waals surface area contributed by atoms with Gasteiger partial charge in [-0.15, -0.1) is 11.3 Å². The second-order valence-corrected chi connectivity index (χ2v) is 6.87. The van der Waals surface area contributed by atoms with Gasteiger partial charge in [-0.25, -0.2) is 9.37 Å². The van der Waals surface area contributed by atoms with Crippen LogP contribution in [0.1, 0.15) is 36.2 Å². The summed E-state index contributed by atoms with van der Waals surface area (Å²) >= 11 is 1.70. The molecule has 0 aliphatic heterocycles. The number of hydrogen-bond acceptors (Lipinski definition) is 3. The van der Waals surface area contributed by atoms with Crippen molar-refractivity contribution in [3.63, 3.8) is 0 Å². The molecule has 0 radical (unpaired) electrons. The Morgan fingerprint density at radius 3 is 2.58 bits per heavy atom. The Morgan fingerprint density at radius 2 is 2.00 bits per heavy atom. The van der Waals surface area contributed by atoms with Crippen LogP contribution in [0, 0.1) is 12.7 Å². The van der Waals surface area contributed by atoms with E-state index in [4.69, 9.17) is 0 Å². The predicted molar refractivity (Wildman–Crippen MR) is 79.3 cm³/mol. The SMILES string of the molecule is Cc1cc(F)cc(NCc2cnc(C(C)(C)C)s2)c1. The van der Waals surface area contributed by atoms with E-state index in [1.165, 1.54) is 12.1 Å². The quantitative estimate of drug-likeness (QED) is 0.894. The van der Waals surface area contributed by atoms with E-state index in [0.29, 0.717) is 6.54 Å². The van der Waals surface area contributed by atoms with Gasteiger partial charge in [-0.05, 0) is 30.7 Å². The number of benzene rings is 1. The summed E-state index contributed by atoms with van der Waals surface area (Å²) in [5, 5.41) is 4.36. The van der Waals surface area contributed by atoms with E-state index < -0.39 is 0 Å². The molecule has 0 saturated heterocycles. The molecule has 0 aliphatic carbocycles. The van der Waals surface area contributed by atoms with E-state index in [1.54, 1.807) is 11.3 Å². The number of aromatic nitrogens is 1. The molecule has 4 heteroatoms. The number of rotatable bonds is 3. The standard InChI is InChI=1S/C15H19FN2S/c1-10-5-11(16)7-12(6-10)17-8-13-9-18-14(19-13)15(2,3)4/h5-7,9,17H,8H2,1-4H3. The summed E-state index contributed by atoms with van der Waals surface area (Å²) in [5.74, 6) is -0.206. The van der Waals surface area contributed by atoms with Gasteiger partial charge in [0.1, 0.15) is 5.82 Å². The fourth-order valence-corrected chi connectivity index (χ4v) is 2.67. The van der Waals surface area contributed by atoms with E-state index in [0.717, 1.165) is 21.1 Å². The third-order valence-electron chi connectivity index (χ3n) is 2.70. The van der Waals surface area contributed by atoms with Crippen molar-refractivity contribution in [3.05, 3.63) is 45.7 Å². The summed E-state index contributed by atoms with van der Waals surface area (Å²) in [6, 6.07) is 4.98. The first kappa shape index (κ1) is 14.0. The number of aryl methyl sites for hydroxylation is 1. The maximum Gasteiger partial charge on any atom is 0.125 e. The van der Waals surface area contributed by atoms with Crippen LogP contribution in [0.3, 0.4) is 0 Å². The molecule has 1 aromatic heterocycles. The largest absolute Gasteiger partial charge is 0.380 e. The molecule has 0 bridgehead atoms. The number of nitrogens with zero attached hydrogens (tertiary/aromatic N) is 1. The van der Waals surface area contributed by atoms with Gasteiger partial charge < -0.3 is 5.32 Å². The van der Waals surface area contributed by atoms with E-state index >= 15 is 0 Å². The lowest BCUT2D eigenvalue weighted by atomic mass is 9.98. The van der Waals surface area contributed by atoms with Crippen molar-refractivity contribution in [3.8, 4) is 0 Å². The summed E-state index contributed by atoms with van der Waals surface area (Å²) in [6.07, 6.45) is 1.89. The number of nitrogens with one attached hydrogen (secondary N) is 1. The first-order valence-corrected chi connectivity index (χ1v) is 7.12. The molecule has 0 amide bonds. The molecule has 0 unspecified atom stereocenters. The van der Waals surface area contributed by atoms with Crippen LogP contribution < -0.4 is 5.32 Å². The second-order valence-electron chi connectivity index (χ2n) is 5.75. The summed E-state index contributed by atoms with van der Waals surface area (Å²) in [6.45, 7) is 9.02. The maximum absolute atomic E-state index is 13.3. The van der Waals surface area contributed by atoms with Crippen LogP contribution in [0.5, 0.6) is 0 Å². The van der Waals surface area contributed by atoms with Crippen molar-refractivity contribution in [2.75, 3.05) is 5.32 Å². The van der Waals surface area contributed by atoms with Crippen molar-refractivity contribution in [2.24, 2.45) is 0 Å². The molecule has 0 aliphatic rings. The van der Waals surface area contributed by atoms with Gasteiger partial charge in [-0.1, -0.05) is 20.8 Å². The Labute approximate surface area is 117 Å². The lowest BCUT2D eigenvalue weighted by molar-refractivity contribution is 0.585. The Bertz CT molecular complexity index is 550. The van der Waals surface area contributed by atoms with Gasteiger partial charge in [0.25, 0.3) is 0 Å². The number of halogens is 1. The molecule has 0 saturated carbocycles. The molecular weight excluding hydrogens is 259 g/mol. The van der Waals surface area contributed by atoms with E-state index in [1.807, 2.05) is 19.2 Å². The lowest BCUT2D eigenvalue weighted by Gasteiger charge is -2.13. The number of anilines is 1. The first-order valence-electron chi connectivity index (χ1n) is 6.31. The first-order chi connectivity index (χ1) is 8.84. The molecule has 2 aromatic rings. The van der Waals surface area contributed by atoms with E-state index in [-0.39, 0.29) is 11.2 Å². The molecular formula is C15H19FN2S. The molecule has 2 nitrogen and oxygen atoms in total. The molecule has 0 spiro atoms. The Kier molecular flexibility index (Phi) is 3.90. The van der Waals surface area contributed by atoms with Crippen molar-refractivity contribution in [2.45, 2.75) is 39.7 Å². The number of thiazole rings is 1.